The van der Waals surface area contributed by atoms with Crippen LogP contribution in [0.15, 0.2) is 0 Å². The highest BCUT2D eigenvalue weighted by Crippen LogP contribution is 2.27. The molecule has 1 fully saturated rings. The molecule has 1 heterocycles. The van der Waals surface area contributed by atoms with E-state index in [9.17, 15) is 5.11 Å². The Hall–Kier alpha value is -0.520. The van der Waals surface area contributed by atoms with Crippen molar-refractivity contribution in [2.24, 2.45) is 5.92 Å². The summed E-state index contributed by atoms with van der Waals surface area (Å²) < 4.78 is 5.45. The highest BCUT2D eigenvalue weighted by molar-refractivity contribution is 4.92. The summed E-state index contributed by atoms with van der Waals surface area (Å²) in [6.45, 7) is 2.84. The molecule has 1 rings (SSSR count). The highest BCUT2D eigenvalue weighted by Gasteiger charge is 2.31. The van der Waals surface area contributed by atoms with Crippen molar-refractivity contribution in [2.45, 2.75) is 38.4 Å². The van der Waals surface area contributed by atoms with E-state index in [1.54, 1.807) is 0 Å². The minimum atomic E-state index is -0.373. The van der Waals surface area contributed by atoms with Gasteiger partial charge >= 0.3 is 0 Å². The maximum Gasteiger partial charge on any atom is 0.0703 e. The molecule has 0 aromatic heterocycles. The Morgan fingerprint density at radius 1 is 1.75 bits per heavy atom. The molecule has 2 nitrogen and oxygen atoms in total. The zero-order chi connectivity index (χ0) is 8.97. The summed E-state index contributed by atoms with van der Waals surface area (Å²) in [5.74, 6) is 2.74. The van der Waals surface area contributed by atoms with Gasteiger partial charge in [0.25, 0.3) is 0 Å². The van der Waals surface area contributed by atoms with Crippen molar-refractivity contribution < 1.29 is 9.84 Å². The second-order valence-corrected chi connectivity index (χ2v) is 3.25. The lowest BCUT2D eigenvalue weighted by molar-refractivity contribution is 0.0337. The molecule has 0 bridgehead atoms. The lowest BCUT2D eigenvalue weighted by atomic mass is 9.92. The summed E-state index contributed by atoms with van der Waals surface area (Å²) in [5.41, 5.74) is 0. The van der Waals surface area contributed by atoms with Gasteiger partial charge in [-0.3, -0.25) is 0 Å². The van der Waals surface area contributed by atoms with Crippen LogP contribution in [0.1, 0.15) is 26.2 Å². The first-order valence-corrected chi connectivity index (χ1v) is 4.52. The van der Waals surface area contributed by atoms with E-state index >= 15 is 0 Å². The van der Waals surface area contributed by atoms with Gasteiger partial charge in [0, 0.05) is 18.9 Å². The van der Waals surface area contributed by atoms with Crippen molar-refractivity contribution >= 4 is 0 Å². The quantitative estimate of drug-likeness (QED) is 0.641. The van der Waals surface area contributed by atoms with Crippen molar-refractivity contribution in [3.05, 3.63) is 0 Å². The van der Waals surface area contributed by atoms with E-state index < -0.39 is 0 Å². The molecule has 3 atom stereocenters. The zero-order valence-electron chi connectivity index (χ0n) is 7.49. The van der Waals surface area contributed by atoms with Gasteiger partial charge in [0.15, 0.2) is 0 Å². The molecule has 1 aliphatic rings. The molecule has 2 heteroatoms. The van der Waals surface area contributed by atoms with Crippen molar-refractivity contribution in [2.75, 3.05) is 6.61 Å². The Balaban J connectivity index is 2.44. The second-order valence-electron chi connectivity index (χ2n) is 3.25. The predicted molar refractivity (Wildman–Crippen MR) is 47.6 cm³/mol. The first-order chi connectivity index (χ1) is 5.79. The normalized spacial score (nSPS) is 31.4. The van der Waals surface area contributed by atoms with Crippen LogP contribution >= 0.6 is 0 Å². The van der Waals surface area contributed by atoms with E-state index in [0.29, 0.717) is 6.42 Å². The van der Waals surface area contributed by atoms with Crippen LogP contribution in [-0.2, 0) is 4.74 Å². The number of hydrogen-bond donors (Lipinski definition) is 1. The minimum absolute atomic E-state index is 0.216. The molecule has 1 N–H and O–H groups in total. The van der Waals surface area contributed by atoms with Gasteiger partial charge in [0.1, 0.15) is 0 Å². The Morgan fingerprint density at radius 2 is 2.50 bits per heavy atom. The molecule has 1 saturated heterocycles. The van der Waals surface area contributed by atoms with Gasteiger partial charge in [-0.05, 0) is 12.8 Å². The molecule has 1 aliphatic heterocycles. The number of aliphatic hydroxyl groups is 1. The molecule has 68 valence electrons. The number of hydrogen-bond acceptors (Lipinski definition) is 2. The van der Waals surface area contributed by atoms with Gasteiger partial charge in [0.05, 0.1) is 12.2 Å². The lowest BCUT2D eigenvalue weighted by Crippen LogP contribution is -2.27. The van der Waals surface area contributed by atoms with Crippen LogP contribution in [0.4, 0.5) is 0 Å². The average molecular weight is 168 g/mol. The molecule has 0 spiro atoms. The van der Waals surface area contributed by atoms with Crippen LogP contribution in [0.3, 0.4) is 0 Å². The van der Waals surface area contributed by atoms with Gasteiger partial charge in [-0.1, -0.05) is 6.92 Å². The number of ether oxygens (including phenoxy) is 1. The van der Waals surface area contributed by atoms with Crippen LogP contribution in [0.25, 0.3) is 0 Å². The number of aliphatic hydroxyl groups excluding tert-OH is 1. The largest absolute Gasteiger partial charge is 0.392 e. The molecule has 0 saturated carbocycles. The molecule has 0 aromatic rings. The molecule has 0 amide bonds. The molecular weight excluding hydrogens is 152 g/mol. The second kappa shape index (κ2) is 4.49. The lowest BCUT2D eigenvalue weighted by Gasteiger charge is -2.20. The maximum absolute atomic E-state index is 9.63. The predicted octanol–water partition coefficient (Wildman–Crippen LogP) is 1.19. The smallest absolute Gasteiger partial charge is 0.0703 e. The summed E-state index contributed by atoms with van der Waals surface area (Å²) in [5, 5.41) is 9.63. The van der Waals surface area contributed by atoms with Crippen molar-refractivity contribution in [1.82, 2.24) is 0 Å². The monoisotopic (exact) mass is 168 g/mol. The van der Waals surface area contributed by atoms with Crippen molar-refractivity contribution in [3.63, 3.8) is 0 Å². The van der Waals surface area contributed by atoms with Gasteiger partial charge in [-0.15, -0.1) is 12.3 Å². The maximum atomic E-state index is 9.63. The summed E-state index contributed by atoms with van der Waals surface area (Å²) in [7, 11) is 0. The number of rotatable bonds is 3. The molecule has 3 unspecified atom stereocenters. The molecule has 12 heavy (non-hydrogen) atoms. The van der Waals surface area contributed by atoms with E-state index in [1.165, 1.54) is 0 Å². The van der Waals surface area contributed by atoms with Crippen LogP contribution in [-0.4, -0.2) is 23.9 Å². The highest BCUT2D eigenvalue weighted by atomic mass is 16.5. The first-order valence-electron chi connectivity index (χ1n) is 4.52. The average Bonchev–Trinajstić information content (AvgIpc) is 2.51. The third-order valence-electron chi connectivity index (χ3n) is 2.48. The van der Waals surface area contributed by atoms with E-state index in [2.05, 4.69) is 12.8 Å². The fourth-order valence-electron chi connectivity index (χ4n) is 1.80. The van der Waals surface area contributed by atoms with Crippen molar-refractivity contribution in [1.29, 1.82) is 0 Å². The summed E-state index contributed by atoms with van der Waals surface area (Å²) in [6.07, 6.45) is 7.34. The van der Waals surface area contributed by atoms with Crippen LogP contribution in [0.2, 0.25) is 0 Å². The first kappa shape index (κ1) is 9.57. The van der Waals surface area contributed by atoms with Crippen LogP contribution < -0.4 is 0 Å². The SMILES string of the molecule is C#CCC(O)C1CCOC1CC. The van der Waals surface area contributed by atoms with Gasteiger partial charge in [-0.25, -0.2) is 0 Å². The molecule has 0 aromatic carbocycles. The standard InChI is InChI=1S/C10H16O2/c1-3-5-9(11)8-6-7-12-10(8)4-2/h1,8-11H,4-7H2,2H3. The Bertz CT molecular complexity index is 171. The fourth-order valence-corrected chi connectivity index (χ4v) is 1.80. The van der Waals surface area contributed by atoms with Crippen LogP contribution in [0.5, 0.6) is 0 Å². The van der Waals surface area contributed by atoms with E-state index in [4.69, 9.17) is 11.2 Å². The topological polar surface area (TPSA) is 29.5 Å². The van der Waals surface area contributed by atoms with Crippen LogP contribution in [0, 0.1) is 18.3 Å². The van der Waals surface area contributed by atoms with Gasteiger partial charge in [0.2, 0.25) is 0 Å². The summed E-state index contributed by atoms with van der Waals surface area (Å²) in [4.78, 5) is 0. The Morgan fingerprint density at radius 3 is 3.08 bits per heavy atom. The van der Waals surface area contributed by atoms with E-state index in [-0.39, 0.29) is 18.1 Å². The van der Waals surface area contributed by atoms with Gasteiger partial charge in [-0.2, -0.15) is 0 Å². The summed E-state index contributed by atoms with van der Waals surface area (Å²) >= 11 is 0. The van der Waals surface area contributed by atoms with E-state index in [0.717, 1.165) is 19.4 Å². The summed E-state index contributed by atoms with van der Waals surface area (Å²) in [6, 6.07) is 0. The number of terminal acetylenes is 1. The Kier molecular flexibility index (Phi) is 3.58. The Labute approximate surface area is 73.9 Å². The third-order valence-corrected chi connectivity index (χ3v) is 2.48. The molecular formula is C10H16O2. The molecule has 0 aliphatic carbocycles. The molecule has 0 radical (unpaired) electrons. The third kappa shape index (κ3) is 2.00. The van der Waals surface area contributed by atoms with Gasteiger partial charge < -0.3 is 9.84 Å². The minimum Gasteiger partial charge on any atom is -0.392 e. The zero-order valence-corrected chi connectivity index (χ0v) is 7.49. The van der Waals surface area contributed by atoms with E-state index in [1.807, 2.05) is 0 Å². The fraction of sp³-hybridized carbons (Fsp3) is 0.800. The van der Waals surface area contributed by atoms with Crippen molar-refractivity contribution in [3.8, 4) is 12.3 Å².